The normalized spacial score (nSPS) is 9.73. The molecule has 15 heavy (non-hydrogen) atoms. The molecule has 5 heteroatoms. The summed E-state index contributed by atoms with van der Waals surface area (Å²) in [4.78, 5) is 22.6. The second-order valence-corrected chi connectivity index (χ2v) is 3.35. The number of hydrogen-bond acceptors (Lipinski definition) is 2. The Kier molecular flexibility index (Phi) is 3.68. The minimum Gasteiger partial charge on any atom is -0.366 e. The molecule has 1 rings (SSSR count). The molecule has 1 aromatic carbocycles. The van der Waals surface area contributed by atoms with Gasteiger partial charge in [0.05, 0.1) is 11.1 Å². The topological polar surface area (TPSA) is 72.2 Å². The highest BCUT2D eigenvalue weighted by atomic mass is 35.5. The van der Waals surface area contributed by atoms with E-state index in [9.17, 15) is 9.59 Å². The van der Waals surface area contributed by atoms with Crippen LogP contribution in [0.25, 0.3) is 0 Å². The summed E-state index contributed by atoms with van der Waals surface area (Å²) in [5.74, 6) is -0.998. The van der Waals surface area contributed by atoms with Gasteiger partial charge in [0.2, 0.25) is 5.91 Å². The maximum Gasteiger partial charge on any atom is 0.252 e. The van der Waals surface area contributed by atoms with Crippen molar-refractivity contribution < 1.29 is 9.59 Å². The van der Waals surface area contributed by atoms with Crippen LogP contribution in [0.4, 0.5) is 0 Å². The smallest absolute Gasteiger partial charge is 0.252 e. The number of rotatable bonds is 3. The predicted octanol–water partition coefficient (Wildman–Crippen LogP) is 1.19. The maximum absolute atomic E-state index is 11.5. The zero-order chi connectivity index (χ0) is 11.4. The molecular formula is C10H11ClN2O2. The van der Waals surface area contributed by atoms with Crippen molar-refractivity contribution in [2.45, 2.75) is 6.92 Å². The van der Waals surface area contributed by atoms with E-state index < -0.39 is 5.91 Å². The summed E-state index contributed by atoms with van der Waals surface area (Å²) in [5.41, 5.74) is 5.52. The number of carbonyl (C=O) groups excluding carboxylic acids is 2. The van der Waals surface area contributed by atoms with Gasteiger partial charge in [-0.25, -0.2) is 0 Å². The molecule has 4 nitrogen and oxygen atoms in total. The highest BCUT2D eigenvalue weighted by Crippen LogP contribution is 2.15. The highest BCUT2D eigenvalue weighted by Gasteiger charge is 2.14. The van der Waals surface area contributed by atoms with Crippen molar-refractivity contribution in [3.63, 3.8) is 0 Å². The van der Waals surface area contributed by atoms with Gasteiger partial charge in [-0.1, -0.05) is 11.6 Å². The molecule has 0 aliphatic heterocycles. The molecule has 0 radical (unpaired) electrons. The zero-order valence-electron chi connectivity index (χ0n) is 8.21. The van der Waals surface area contributed by atoms with Gasteiger partial charge in [0, 0.05) is 11.6 Å². The first-order valence-corrected chi connectivity index (χ1v) is 4.81. The van der Waals surface area contributed by atoms with Crippen LogP contribution < -0.4 is 11.1 Å². The zero-order valence-corrected chi connectivity index (χ0v) is 8.97. The fourth-order valence-electron chi connectivity index (χ4n) is 1.17. The Bertz CT molecular complexity index is 404. The van der Waals surface area contributed by atoms with E-state index in [1.165, 1.54) is 12.1 Å². The van der Waals surface area contributed by atoms with Crippen molar-refractivity contribution in [1.82, 2.24) is 5.32 Å². The summed E-state index contributed by atoms with van der Waals surface area (Å²) in [5, 5.41) is 2.96. The van der Waals surface area contributed by atoms with E-state index in [1.54, 1.807) is 13.0 Å². The maximum atomic E-state index is 11.5. The molecule has 0 aliphatic rings. The monoisotopic (exact) mass is 226 g/mol. The van der Waals surface area contributed by atoms with Crippen LogP contribution in [0.1, 0.15) is 27.6 Å². The molecule has 0 unspecified atom stereocenters. The standard InChI is InChI=1S/C10H11ClN2O2/c1-2-13-10(15)7-4-3-6(11)5-8(7)9(12)14/h3-5H,2H2,1H3,(H2,12,14)(H,13,15). The molecule has 0 fully saturated rings. The first-order chi connectivity index (χ1) is 7.06. The number of carbonyl (C=O) groups is 2. The summed E-state index contributed by atoms with van der Waals surface area (Å²) in [6.07, 6.45) is 0. The lowest BCUT2D eigenvalue weighted by molar-refractivity contribution is 0.0938. The molecule has 0 heterocycles. The predicted molar refractivity (Wildman–Crippen MR) is 58.0 cm³/mol. The van der Waals surface area contributed by atoms with E-state index in [1.807, 2.05) is 0 Å². The van der Waals surface area contributed by atoms with Gasteiger partial charge in [-0.05, 0) is 25.1 Å². The van der Waals surface area contributed by atoms with Crippen molar-refractivity contribution in [3.8, 4) is 0 Å². The van der Waals surface area contributed by atoms with Gasteiger partial charge in [-0.15, -0.1) is 0 Å². The highest BCUT2D eigenvalue weighted by molar-refractivity contribution is 6.31. The van der Waals surface area contributed by atoms with Crippen molar-refractivity contribution in [1.29, 1.82) is 0 Å². The molecular weight excluding hydrogens is 216 g/mol. The fraction of sp³-hybridized carbons (Fsp3) is 0.200. The van der Waals surface area contributed by atoms with Crippen molar-refractivity contribution in [3.05, 3.63) is 34.3 Å². The summed E-state index contributed by atoms with van der Waals surface area (Å²) < 4.78 is 0. The van der Waals surface area contributed by atoms with Gasteiger partial charge in [0.25, 0.3) is 5.91 Å². The van der Waals surface area contributed by atoms with Crippen LogP contribution in [0.3, 0.4) is 0 Å². The molecule has 1 aromatic rings. The number of nitrogens with two attached hydrogens (primary N) is 1. The average Bonchev–Trinajstić information content (AvgIpc) is 2.17. The van der Waals surface area contributed by atoms with Crippen LogP contribution in [0, 0.1) is 0 Å². The van der Waals surface area contributed by atoms with Crippen LogP contribution in [0.2, 0.25) is 5.02 Å². The summed E-state index contributed by atoms with van der Waals surface area (Å²) in [6.45, 7) is 2.28. The second-order valence-electron chi connectivity index (χ2n) is 2.91. The number of hydrogen-bond donors (Lipinski definition) is 2. The Morgan fingerprint density at radius 1 is 1.40 bits per heavy atom. The number of benzene rings is 1. The number of halogens is 1. The van der Waals surface area contributed by atoms with Crippen LogP contribution in [0.5, 0.6) is 0 Å². The van der Waals surface area contributed by atoms with Crippen molar-refractivity contribution in [2.24, 2.45) is 5.73 Å². The average molecular weight is 227 g/mol. The van der Waals surface area contributed by atoms with E-state index in [4.69, 9.17) is 17.3 Å². The summed E-state index contributed by atoms with van der Waals surface area (Å²) >= 11 is 5.70. The first kappa shape index (κ1) is 11.5. The Balaban J connectivity index is 3.17. The third-order valence-corrected chi connectivity index (χ3v) is 2.06. The van der Waals surface area contributed by atoms with Gasteiger partial charge >= 0.3 is 0 Å². The van der Waals surface area contributed by atoms with Crippen LogP contribution in [0.15, 0.2) is 18.2 Å². The quantitative estimate of drug-likeness (QED) is 0.813. The third kappa shape index (κ3) is 2.70. The fourth-order valence-corrected chi connectivity index (χ4v) is 1.35. The second kappa shape index (κ2) is 4.79. The van der Waals surface area contributed by atoms with E-state index in [-0.39, 0.29) is 17.0 Å². The molecule has 0 aliphatic carbocycles. The van der Waals surface area contributed by atoms with E-state index in [0.29, 0.717) is 11.6 Å². The SMILES string of the molecule is CCNC(=O)c1ccc(Cl)cc1C(N)=O. The lowest BCUT2D eigenvalue weighted by Crippen LogP contribution is -2.26. The molecule has 0 bridgehead atoms. The molecule has 0 saturated heterocycles. The molecule has 0 spiro atoms. The minimum absolute atomic E-state index is 0.133. The van der Waals surface area contributed by atoms with Crippen LogP contribution in [-0.4, -0.2) is 18.4 Å². The Labute approximate surface area is 92.4 Å². The number of nitrogens with one attached hydrogen (secondary N) is 1. The molecule has 0 aromatic heterocycles. The Morgan fingerprint density at radius 3 is 2.60 bits per heavy atom. The van der Waals surface area contributed by atoms with Crippen LogP contribution in [-0.2, 0) is 0 Å². The summed E-state index contributed by atoms with van der Waals surface area (Å²) in [7, 11) is 0. The molecule has 3 N–H and O–H groups in total. The molecule has 0 atom stereocenters. The first-order valence-electron chi connectivity index (χ1n) is 4.43. The molecule has 80 valence electrons. The van der Waals surface area contributed by atoms with Gasteiger partial charge in [-0.3, -0.25) is 9.59 Å². The van der Waals surface area contributed by atoms with Gasteiger partial charge in [0.15, 0.2) is 0 Å². The Morgan fingerprint density at radius 2 is 2.07 bits per heavy atom. The van der Waals surface area contributed by atoms with Gasteiger partial charge in [-0.2, -0.15) is 0 Å². The largest absolute Gasteiger partial charge is 0.366 e. The van der Waals surface area contributed by atoms with E-state index >= 15 is 0 Å². The van der Waals surface area contributed by atoms with Crippen molar-refractivity contribution >= 4 is 23.4 Å². The van der Waals surface area contributed by atoms with Gasteiger partial charge in [0.1, 0.15) is 0 Å². The Hall–Kier alpha value is -1.55. The number of amides is 2. The minimum atomic E-state index is -0.668. The lowest BCUT2D eigenvalue weighted by Gasteiger charge is -2.06. The molecule has 2 amide bonds. The summed E-state index contributed by atoms with van der Waals surface area (Å²) in [6, 6.07) is 4.40. The molecule has 0 saturated carbocycles. The van der Waals surface area contributed by atoms with E-state index in [2.05, 4.69) is 5.32 Å². The third-order valence-electron chi connectivity index (χ3n) is 1.83. The van der Waals surface area contributed by atoms with Gasteiger partial charge < -0.3 is 11.1 Å². The van der Waals surface area contributed by atoms with Crippen LogP contribution >= 0.6 is 11.6 Å². The van der Waals surface area contributed by atoms with E-state index in [0.717, 1.165) is 0 Å². The van der Waals surface area contributed by atoms with Crippen molar-refractivity contribution in [2.75, 3.05) is 6.54 Å². The number of primary amides is 1. The lowest BCUT2D eigenvalue weighted by atomic mass is 10.1.